The van der Waals surface area contributed by atoms with E-state index in [1.807, 2.05) is 4.90 Å². The maximum Gasteiger partial charge on any atom is 0.245 e. The molecule has 5 nitrogen and oxygen atoms in total. The monoisotopic (exact) mass is 282 g/mol. The molecule has 2 amide bonds. The van der Waals surface area contributed by atoms with E-state index in [-0.39, 0.29) is 23.5 Å². The first-order valence-corrected chi connectivity index (χ1v) is 7.59. The number of carbonyl (C=O) groups is 2. The molecule has 2 rings (SSSR count). The van der Waals surface area contributed by atoms with Crippen molar-refractivity contribution in [2.75, 3.05) is 20.2 Å². The molecule has 114 valence electrons. The first-order chi connectivity index (χ1) is 9.46. The van der Waals surface area contributed by atoms with Gasteiger partial charge in [0.2, 0.25) is 11.8 Å². The van der Waals surface area contributed by atoms with Gasteiger partial charge >= 0.3 is 0 Å². The summed E-state index contributed by atoms with van der Waals surface area (Å²) in [6.07, 6.45) is 4.25. The molecule has 1 unspecified atom stereocenters. The molecule has 20 heavy (non-hydrogen) atoms. The lowest BCUT2D eigenvalue weighted by Gasteiger charge is -2.44. The highest BCUT2D eigenvalue weighted by atomic mass is 16.5. The van der Waals surface area contributed by atoms with Gasteiger partial charge in [-0.3, -0.25) is 9.59 Å². The molecule has 0 aromatic rings. The van der Waals surface area contributed by atoms with E-state index >= 15 is 0 Å². The Balaban J connectivity index is 2.06. The summed E-state index contributed by atoms with van der Waals surface area (Å²) in [5.41, 5.74) is -0.175. The van der Waals surface area contributed by atoms with E-state index in [1.54, 1.807) is 7.11 Å². The second-order valence-electron chi connectivity index (χ2n) is 6.50. The summed E-state index contributed by atoms with van der Waals surface area (Å²) in [5, 5.41) is 2.86. The van der Waals surface area contributed by atoms with Crippen LogP contribution in [0.15, 0.2) is 0 Å². The van der Waals surface area contributed by atoms with Gasteiger partial charge in [0.15, 0.2) is 0 Å². The summed E-state index contributed by atoms with van der Waals surface area (Å²) in [6.45, 7) is 5.25. The largest absolute Gasteiger partial charge is 0.376 e. The van der Waals surface area contributed by atoms with E-state index < -0.39 is 0 Å². The average molecular weight is 282 g/mol. The van der Waals surface area contributed by atoms with Crippen molar-refractivity contribution in [1.29, 1.82) is 0 Å². The maximum atomic E-state index is 12.6. The number of rotatable bonds is 5. The molecule has 1 aliphatic heterocycles. The van der Waals surface area contributed by atoms with Crippen molar-refractivity contribution in [1.82, 2.24) is 10.2 Å². The van der Waals surface area contributed by atoms with Crippen LogP contribution in [0.1, 0.15) is 46.0 Å². The number of ether oxygens (including phenoxy) is 1. The molecular formula is C15H26N2O3. The number of amides is 2. The van der Waals surface area contributed by atoms with Crippen molar-refractivity contribution in [3.8, 4) is 0 Å². The normalized spacial score (nSPS) is 26.2. The Labute approximate surface area is 121 Å². The van der Waals surface area contributed by atoms with Gasteiger partial charge in [-0.25, -0.2) is 0 Å². The van der Waals surface area contributed by atoms with Crippen LogP contribution in [-0.4, -0.2) is 48.6 Å². The van der Waals surface area contributed by atoms with Gasteiger partial charge in [0.05, 0.1) is 5.60 Å². The molecule has 1 atom stereocenters. The minimum Gasteiger partial charge on any atom is -0.376 e. The fourth-order valence-corrected chi connectivity index (χ4v) is 3.03. The zero-order valence-corrected chi connectivity index (χ0v) is 12.8. The Morgan fingerprint density at radius 3 is 2.60 bits per heavy atom. The molecule has 1 aliphatic carbocycles. The third-order valence-electron chi connectivity index (χ3n) is 4.44. The van der Waals surface area contributed by atoms with Crippen molar-refractivity contribution < 1.29 is 14.3 Å². The van der Waals surface area contributed by atoms with Gasteiger partial charge in [0.25, 0.3) is 0 Å². The van der Waals surface area contributed by atoms with Gasteiger partial charge in [0.1, 0.15) is 6.04 Å². The summed E-state index contributed by atoms with van der Waals surface area (Å²) in [5.74, 6) is 0.406. The topological polar surface area (TPSA) is 58.6 Å². The lowest BCUT2D eigenvalue weighted by Crippen LogP contribution is -2.54. The van der Waals surface area contributed by atoms with Crippen LogP contribution in [0.2, 0.25) is 0 Å². The zero-order chi connectivity index (χ0) is 14.8. The minimum atomic E-state index is -0.376. The summed E-state index contributed by atoms with van der Waals surface area (Å²) < 4.78 is 5.61. The number of nitrogens with one attached hydrogen (secondary N) is 1. The summed E-state index contributed by atoms with van der Waals surface area (Å²) in [4.78, 5) is 26.2. The Bertz CT molecular complexity index is 372. The molecule has 1 heterocycles. The van der Waals surface area contributed by atoms with Gasteiger partial charge in [-0.2, -0.15) is 0 Å². The molecule has 1 saturated heterocycles. The number of nitrogens with zero attached hydrogens (tertiary/aromatic N) is 1. The number of methoxy groups -OCH3 is 1. The molecule has 1 saturated carbocycles. The van der Waals surface area contributed by atoms with Gasteiger partial charge in [-0.05, 0) is 31.6 Å². The number of carbonyl (C=O) groups excluding carboxylic acids is 2. The molecule has 2 fully saturated rings. The van der Waals surface area contributed by atoms with Crippen LogP contribution in [0.4, 0.5) is 0 Å². The molecule has 5 heteroatoms. The van der Waals surface area contributed by atoms with Crippen molar-refractivity contribution in [2.45, 2.75) is 57.6 Å². The molecule has 1 N–H and O–H groups in total. The Morgan fingerprint density at radius 2 is 2.10 bits per heavy atom. The van der Waals surface area contributed by atoms with Gasteiger partial charge in [-0.1, -0.05) is 13.8 Å². The fourth-order valence-electron chi connectivity index (χ4n) is 3.03. The Hall–Kier alpha value is -1.10. The smallest absolute Gasteiger partial charge is 0.245 e. The van der Waals surface area contributed by atoms with Gasteiger partial charge < -0.3 is 15.0 Å². The minimum absolute atomic E-state index is 0.0217. The van der Waals surface area contributed by atoms with Crippen molar-refractivity contribution in [3.63, 3.8) is 0 Å². The first-order valence-electron chi connectivity index (χ1n) is 7.59. The molecule has 2 aliphatic rings. The van der Waals surface area contributed by atoms with E-state index in [1.165, 1.54) is 0 Å². The summed E-state index contributed by atoms with van der Waals surface area (Å²) >= 11 is 0. The standard InChI is InChI=1S/C15H26N2O3/c1-11(2)9-12-14(19)17(8-5-13(18)16-12)10-15(20-3)6-4-7-15/h11-12H,4-10H2,1-3H3,(H,16,18). The lowest BCUT2D eigenvalue weighted by atomic mass is 9.79. The Morgan fingerprint density at radius 1 is 1.40 bits per heavy atom. The van der Waals surface area contributed by atoms with Crippen LogP contribution in [0, 0.1) is 5.92 Å². The molecule has 0 spiro atoms. The van der Waals surface area contributed by atoms with Crippen molar-refractivity contribution >= 4 is 11.8 Å². The predicted octanol–water partition coefficient (Wildman–Crippen LogP) is 1.32. The van der Waals surface area contributed by atoms with Crippen LogP contribution in [-0.2, 0) is 14.3 Å². The fraction of sp³-hybridized carbons (Fsp3) is 0.867. The average Bonchev–Trinajstić information content (AvgIpc) is 2.46. The second kappa shape index (κ2) is 6.12. The van der Waals surface area contributed by atoms with Crippen LogP contribution >= 0.6 is 0 Å². The highest BCUT2D eigenvalue weighted by Gasteiger charge is 2.41. The van der Waals surface area contributed by atoms with Crippen LogP contribution < -0.4 is 5.32 Å². The molecular weight excluding hydrogens is 256 g/mol. The van der Waals surface area contributed by atoms with E-state index in [0.717, 1.165) is 19.3 Å². The number of hydrogen-bond acceptors (Lipinski definition) is 3. The summed E-state index contributed by atoms with van der Waals surface area (Å²) in [6, 6.07) is -0.376. The second-order valence-corrected chi connectivity index (χ2v) is 6.50. The van der Waals surface area contributed by atoms with Crippen molar-refractivity contribution in [2.24, 2.45) is 5.92 Å². The quantitative estimate of drug-likeness (QED) is 0.827. The molecule has 0 aromatic heterocycles. The van der Waals surface area contributed by atoms with Crippen LogP contribution in [0.5, 0.6) is 0 Å². The van der Waals surface area contributed by atoms with Gasteiger partial charge in [-0.15, -0.1) is 0 Å². The highest BCUT2D eigenvalue weighted by Crippen LogP contribution is 2.36. The van der Waals surface area contributed by atoms with E-state index in [2.05, 4.69) is 19.2 Å². The zero-order valence-electron chi connectivity index (χ0n) is 12.8. The highest BCUT2D eigenvalue weighted by molar-refractivity contribution is 5.90. The predicted molar refractivity (Wildman–Crippen MR) is 76.2 cm³/mol. The summed E-state index contributed by atoms with van der Waals surface area (Å²) in [7, 11) is 1.72. The third kappa shape index (κ3) is 3.32. The molecule has 0 bridgehead atoms. The van der Waals surface area contributed by atoms with E-state index in [0.29, 0.717) is 31.8 Å². The van der Waals surface area contributed by atoms with E-state index in [9.17, 15) is 9.59 Å². The SMILES string of the molecule is COC1(CN2CCC(=O)NC(CC(C)C)C2=O)CCC1. The molecule has 0 radical (unpaired) electrons. The van der Waals surface area contributed by atoms with Gasteiger partial charge in [0, 0.05) is 26.6 Å². The van der Waals surface area contributed by atoms with E-state index in [4.69, 9.17) is 4.74 Å². The first kappa shape index (κ1) is 15.3. The lowest BCUT2D eigenvalue weighted by molar-refractivity contribution is -0.142. The van der Waals surface area contributed by atoms with Crippen LogP contribution in [0.3, 0.4) is 0 Å². The third-order valence-corrected chi connectivity index (χ3v) is 4.44. The van der Waals surface area contributed by atoms with Crippen LogP contribution in [0.25, 0.3) is 0 Å². The Kier molecular flexibility index (Phi) is 4.68. The number of hydrogen-bond donors (Lipinski definition) is 1. The molecule has 0 aromatic carbocycles. The maximum absolute atomic E-state index is 12.6. The van der Waals surface area contributed by atoms with Crippen molar-refractivity contribution in [3.05, 3.63) is 0 Å².